The molecule has 1 saturated heterocycles. The molecule has 1 aliphatic heterocycles. The Morgan fingerprint density at radius 1 is 1.33 bits per heavy atom. The molecule has 0 aromatic carbocycles. The monoisotopic (exact) mass is 298 g/mol. The Hall–Kier alpha value is -1.10. The normalized spacial score (nSPS) is 23.6. The summed E-state index contributed by atoms with van der Waals surface area (Å²) in [5.74, 6) is -0.152. The second kappa shape index (κ2) is 7.78. The maximum Gasteiger partial charge on any atom is 0.311 e. The Morgan fingerprint density at radius 2 is 2.00 bits per heavy atom. The van der Waals surface area contributed by atoms with Crippen LogP contribution in [0.3, 0.4) is 0 Å². The molecule has 0 saturated carbocycles. The van der Waals surface area contributed by atoms with Gasteiger partial charge in [-0.05, 0) is 37.6 Å². The number of aliphatic carboxylic acids is 1. The Balaban J connectivity index is 2.56. The van der Waals surface area contributed by atoms with E-state index in [9.17, 15) is 14.7 Å². The van der Waals surface area contributed by atoms with E-state index in [4.69, 9.17) is 5.73 Å². The number of carboxylic acid groups (broad SMARTS) is 1. The van der Waals surface area contributed by atoms with Crippen LogP contribution in [0.25, 0.3) is 0 Å². The average molecular weight is 298 g/mol. The highest BCUT2D eigenvalue weighted by atomic mass is 16.4. The molecule has 0 aliphatic carbocycles. The third kappa shape index (κ3) is 4.19. The molecule has 2 atom stereocenters. The smallest absolute Gasteiger partial charge is 0.311 e. The summed E-state index contributed by atoms with van der Waals surface area (Å²) in [5, 5.41) is 9.51. The first kappa shape index (κ1) is 18.0. The van der Waals surface area contributed by atoms with Crippen molar-refractivity contribution in [3.63, 3.8) is 0 Å². The van der Waals surface area contributed by atoms with Crippen molar-refractivity contribution >= 4 is 11.9 Å². The minimum Gasteiger partial charge on any atom is -0.481 e. The van der Waals surface area contributed by atoms with Crippen LogP contribution in [0, 0.1) is 17.3 Å². The molecule has 122 valence electrons. The number of carbonyl (C=O) groups is 2. The standard InChI is InChI=1S/C16H30N2O3/c1-4-13(7-9-17)5-6-14(19)18-10-8-16(11-18,12(2)3)15(20)21/h12-13H,4-11,17H2,1-3H3,(H,20,21). The lowest BCUT2D eigenvalue weighted by Gasteiger charge is -2.28. The molecule has 0 aromatic heterocycles. The second-order valence-corrected chi connectivity index (χ2v) is 6.57. The molecule has 1 amide bonds. The van der Waals surface area contributed by atoms with Crippen molar-refractivity contribution in [2.75, 3.05) is 19.6 Å². The Bertz CT molecular complexity index is 371. The van der Waals surface area contributed by atoms with E-state index in [1.165, 1.54) is 0 Å². The van der Waals surface area contributed by atoms with E-state index in [0.29, 0.717) is 38.4 Å². The molecule has 0 radical (unpaired) electrons. The predicted molar refractivity (Wildman–Crippen MR) is 82.8 cm³/mol. The first-order valence-corrected chi connectivity index (χ1v) is 8.08. The Labute approximate surface area is 127 Å². The number of amides is 1. The van der Waals surface area contributed by atoms with Crippen molar-refractivity contribution in [1.29, 1.82) is 0 Å². The van der Waals surface area contributed by atoms with Gasteiger partial charge in [-0.15, -0.1) is 0 Å². The van der Waals surface area contributed by atoms with Gasteiger partial charge in [0.05, 0.1) is 5.41 Å². The summed E-state index contributed by atoms with van der Waals surface area (Å²) in [6.07, 6.45) is 3.91. The zero-order valence-electron chi connectivity index (χ0n) is 13.6. The first-order chi connectivity index (χ1) is 9.87. The van der Waals surface area contributed by atoms with Crippen LogP contribution < -0.4 is 5.73 Å². The average Bonchev–Trinajstić information content (AvgIpc) is 2.89. The second-order valence-electron chi connectivity index (χ2n) is 6.57. The van der Waals surface area contributed by atoms with E-state index in [1.54, 1.807) is 4.90 Å². The Morgan fingerprint density at radius 3 is 2.43 bits per heavy atom. The molecule has 0 spiro atoms. The van der Waals surface area contributed by atoms with Crippen LogP contribution >= 0.6 is 0 Å². The molecule has 5 nitrogen and oxygen atoms in total. The van der Waals surface area contributed by atoms with Crippen LogP contribution in [0.15, 0.2) is 0 Å². The molecular weight excluding hydrogens is 268 g/mol. The van der Waals surface area contributed by atoms with E-state index in [0.717, 1.165) is 19.3 Å². The fourth-order valence-electron chi connectivity index (χ4n) is 3.21. The fourth-order valence-corrected chi connectivity index (χ4v) is 3.21. The van der Waals surface area contributed by atoms with Crippen LogP contribution in [0.1, 0.15) is 52.9 Å². The topological polar surface area (TPSA) is 83.6 Å². The molecule has 1 fully saturated rings. The highest BCUT2D eigenvalue weighted by Crippen LogP contribution is 2.38. The van der Waals surface area contributed by atoms with Crippen molar-refractivity contribution in [1.82, 2.24) is 4.90 Å². The largest absolute Gasteiger partial charge is 0.481 e. The zero-order chi connectivity index (χ0) is 16.0. The van der Waals surface area contributed by atoms with Crippen molar-refractivity contribution in [2.45, 2.75) is 52.9 Å². The van der Waals surface area contributed by atoms with Gasteiger partial charge in [0.15, 0.2) is 0 Å². The summed E-state index contributed by atoms with van der Waals surface area (Å²) in [5.41, 5.74) is 4.81. The molecular formula is C16H30N2O3. The maximum atomic E-state index is 12.3. The molecule has 0 bridgehead atoms. The van der Waals surface area contributed by atoms with Gasteiger partial charge in [0.25, 0.3) is 0 Å². The zero-order valence-corrected chi connectivity index (χ0v) is 13.6. The molecule has 0 aromatic rings. The summed E-state index contributed by atoms with van der Waals surface area (Å²) >= 11 is 0. The number of nitrogens with two attached hydrogens (primary N) is 1. The van der Waals surface area contributed by atoms with E-state index in [2.05, 4.69) is 6.92 Å². The van der Waals surface area contributed by atoms with Crippen molar-refractivity contribution in [3.05, 3.63) is 0 Å². The van der Waals surface area contributed by atoms with Crippen LogP contribution in [-0.2, 0) is 9.59 Å². The molecule has 2 unspecified atom stereocenters. The van der Waals surface area contributed by atoms with E-state index < -0.39 is 11.4 Å². The summed E-state index contributed by atoms with van der Waals surface area (Å²) in [7, 11) is 0. The minimum atomic E-state index is -0.776. The van der Waals surface area contributed by atoms with Gasteiger partial charge in [0, 0.05) is 19.5 Å². The van der Waals surface area contributed by atoms with Crippen molar-refractivity contribution < 1.29 is 14.7 Å². The number of rotatable bonds is 8. The van der Waals surface area contributed by atoms with Gasteiger partial charge >= 0.3 is 5.97 Å². The summed E-state index contributed by atoms with van der Waals surface area (Å²) in [4.78, 5) is 25.6. The van der Waals surface area contributed by atoms with Crippen LogP contribution in [0.2, 0.25) is 0 Å². The van der Waals surface area contributed by atoms with Gasteiger partial charge in [-0.3, -0.25) is 9.59 Å². The van der Waals surface area contributed by atoms with Gasteiger partial charge in [-0.25, -0.2) is 0 Å². The lowest BCUT2D eigenvalue weighted by atomic mass is 9.76. The summed E-state index contributed by atoms with van der Waals surface area (Å²) < 4.78 is 0. The first-order valence-electron chi connectivity index (χ1n) is 8.08. The fraction of sp³-hybridized carbons (Fsp3) is 0.875. The van der Waals surface area contributed by atoms with E-state index in [1.807, 2.05) is 13.8 Å². The van der Waals surface area contributed by atoms with Crippen molar-refractivity contribution in [2.24, 2.45) is 23.0 Å². The highest BCUT2D eigenvalue weighted by Gasteiger charge is 2.48. The van der Waals surface area contributed by atoms with Gasteiger partial charge in [-0.1, -0.05) is 27.2 Å². The van der Waals surface area contributed by atoms with Gasteiger partial charge < -0.3 is 15.7 Å². The Kier molecular flexibility index (Phi) is 6.65. The third-order valence-corrected chi connectivity index (χ3v) is 5.10. The third-order valence-electron chi connectivity index (χ3n) is 5.10. The minimum absolute atomic E-state index is 0.0356. The maximum absolute atomic E-state index is 12.3. The number of nitrogens with zero attached hydrogens (tertiary/aromatic N) is 1. The van der Waals surface area contributed by atoms with Crippen LogP contribution in [-0.4, -0.2) is 41.5 Å². The molecule has 21 heavy (non-hydrogen) atoms. The molecule has 1 aliphatic rings. The summed E-state index contributed by atoms with van der Waals surface area (Å²) in [6.45, 7) is 7.55. The molecule has 3 N–H and O–H groups in total. The molecule has 5 heteroatoms. The highest BCUT2D eigenvalue weighted by molar-refractivity contribution is 5.80. The molecule has 1 heterocycles. The van der Waals surface area contributed by atoms with E-state index >= 15 is 0 Å². The van der Waals surface area contributed by atoms with Gasteiger partial charge in [-0.2, -0.15) is 0 Å². The van der Waals surface area contributed by atoms with Gasteiger partial charge in [0.2, 0.25) is 5.91 Å². The van der Waals surface area contributed by atoms with E-state index in [-0.39, 0.29) is 11.8 Å². The number of hydrogen-bond acceptors (Lipinski definition) is 3. The number of likely N-dealkylation sites (tertiary alicyclic amines) is 1. The quantitative estimate of drug-likeness (QED) is 0.719. The SMILES string of the molecule is CCC(CCN)CCC(=O)N1CCC(C(=O)O)(C(C)C)C1. The summed E-state index contributed by atoms with van der Waals surface area (Å²) in [6, 6.07) is 0. The van der Waals surface area contributed by atoms with Crippen molar-refractivity contribution in [3.8, 4) is 0 Å². The number of carbonyl (C=O) groups excluding carboxylic acids is 1. The van der Waals surface area contributed by atoms with Crippen LogP contribution in [0.4, 0.5) is 0 Å². The lowest BCUT2D eigenvalue weighted by Crippen LogP contribution is -2.40. The number of carboxylic acids is 1. The van der Waals surface area contributed by atoms with Gasteiger partial charge in [0.1, 0.15) is 0 Å². The molecule has 1 rings (SSSR count). The van der Waals surface area contributed by atoms with Crippen LogP contribution in [0.5, 0.6) is 0 Å². The lowest BCUT2D eigenvalue weighted by molar-refractivity contribution is -0.151. The number of hydrogen-bond donors (Lipinski definition) is 2. The predicted octanol–water partition coefficient (Wildman–Crippen LogP) is 2.10.